The molecule has 0 aromatic carbocycles. The fraction of sp³-hybridized carbons (Fsp3) is 0.643. The molecule has 2 heterocycles. The van der Waals surface area contributed by atoms with Gasteiger partial charge in [-0.15, -0.1) is 0 Å². The third-order valence-corrected chi connectivity index (χ3v) is 4.92. The Bertz CT molecular complexity index is 748. The molecule has 7 nitrogen and oxygen atoms in total. The van der Waals surface area contributed by atoms with Gasteiger partial charge in [0.25, 0.3) is 0 Å². The van der Waals surface area contributed by atoms with E-state index in [2.05, 4.69) is 20.3 Å². The van der Waals surface area contributed by atoms with Crippen molar-refractivity contribution in [3.8, 4) is 0 Å². The van der Waals surface area contributed by atoms with Crippen LogP contribution in [0.3, 0.4) is 0 Å². The Balaban J connectivity index is 1.83. The normalized spacial score (nSPS) is 33.5. The van der Waals surface area contributed by atoms with Crippen LogP contribution in [0, 0.1) is 5.92 Å². The van der Waals surface area contributed by atoms with Gasteiger partial charge < -0.3 is 20.1 Å². The van der Waals surface area contributed by atoms with Gasteiger partial charge in [-0.05, 0) is 38.3 Å². The van der Waals surface area contributed by atoms with E-state index < -0.39 is 12.2 Å². The number of anilines is 1. The second-order valence-corrected chi connectivity index (χ2v) is 6.94. The Labute approximate surface area is 132 Å². The summed E-state index contributed by atoms with van der Waals surface area (Å²) in [6.45, 7) is 4.02. The summed E-state index contributed by atoms with van der Waals surface area (Å²) in [4.78, 5) is 13.0. The zero-order valence-electron chi connectivity index (χ0n) is 12.4. The average Bonchev–Trinajstić information content (AvgIpc) is 2.87. The van der Waals surface area contributed by atoms with Gasteiger partial charge in [-0.2, -0.15) is 9.97 Å². The molecule has 0 aliphatic heterocycles. The maximum Gasteiger partial charge on any atom is 0.226 e. The van der Waals surface area contributed by atoms with Crippen LogP contribution in [0.5, 0.6) is 0 Å². The highest BCUT2D eigenvalue weighted by molar-refractivity contribution is 6.28. The molecule has 0 unspecified atom stereocenters. The lowest BCUT2D eigenvalue weighted by Crippen LogP contribution is -2.23. The molecule has 22 heavy (non-hydrogen) atoms. The van der Waals surface area contributed by atoms with Crippen molar-refractivity contribution in [1.29, 1.82) is 0 Å². The maximum absolute atomic E-state index is 10.0. The van der Waals surface area contributed by atoms with Crippen molar-refractivity contribution >= 4 is 28.6 Å². The number of imidazole rings is 1. The number of hydrogen-bond donors (Lipinski definition) is 3. The maximum atomic E-state index is 10.0. The van der Waals surface area contributed by atoms with Gasteiger partial charge in [0, 0.05) is 12.0 Å². The molecule has 3 N–H and O–H groups in total. The van der Waals surface area contributed by atoms with Crippen LogP contribution in [0.1, 0.15) is 26.7 Å². The number of nitrogens with one attached hydrogen (secondary N) is 1. The van der Waals surface area contributed by atoms with Gasteiger partial charge in [0.2, 0.25) is 5.28 Å². The Hall–Kier alpha value is -1.44. The van der Waals surface area contributed by atoms with Crippen LogP contribution < -0.4 is 5.32 Å². The van der Waals surface area contributed by atoms with Gasteiger partial charge >= 0.3 is 0 Å². The van der Waals surface area contributed by atoms with Crippen LogP contribution in [-0.4, -0.2) is 48.0 Å². The number of hydrogen-bond acceptors (Lipinski definition) is 6. The second kappa shape index (κ2) is 4.53. The van der Waals surface area contributed by atoms with Crippen LogP contribution >= 0.6 is 11.6 Å². The highest BCUT2D eigenvalue weighted by Crippen LogP contribution is 2.62. The first-order valence-electron chi connectivity index (χ1n) is 7.46. The van der Waals surface area contributed by atoms with E-state index in [1.54, 1.807) is 6.33 Å². The molecule has 4 atom stereocenters. The van der Waals surface area contributed by atoms with Crippen LogP contribution in [0.2, 0.25) is 5.28 Å². The number of halogens is 1. The van der Waals surface area contributed by atoms with Gasteiger partial charge in [-0.3, -0.25) is 0 Å². The lowest BCUT2D eigenvalue weighted by molar-refractivity contribution is 0.0246. The predicted molar refractivity (Wildman–Crippen MR) is 81.8 cm³/mol. The zero-order chi connectivity index (χ0) is 15.6. The second-order valence-electron chi connectivity index (χ2n) is 6.60. The molecule has 0 saturated heterocycles. The Morgan fingerprint density at radius 3 is 2.77 bits per heavy atom. The van der Waals surface area contributed by atoms with Gasteiger partial charge in [-0.25, -0.2) is 4.98 Å². The van der Waals surface area contributed by atoms with Crippen LogP contribution in [0.15, 0.2) is 6.33 Å². The summed E-state index contributed by atoms with van der Waals surface area (Å²) in [5.41, 5.74) is 1.02. The fourth-order valence-corrected chi connectivity index (χ4v) is 3.86. The van der Waals surface area contributed by atoms with E-state index in [-0.39, 0.29) is 22.8 Å². The van der Waals surface area contributed by atoms with Gasteiger partial charge in [-0.1, -0.05) is 0 Å². The van der Waals surface area contributed by atoms with Gasteiger partial charge in [0.15, 0.2) is 17.0 Å². The highest BCUT2D eigenvalue weighted by atomic mass is 35.5. The molecule has 2 aliphatic carbocycles. The Kier molecular flexibility index (Phi) is 2.92. The molecule has 0 radical (unpaired) electrons. The van der Waals surface area contributed by atoms with Crippen LogP contribution in [-0.2, 0) is 5.54 Å². The first-order valence-corrected chi connectivity index (χ1v) is 7.84. The summed E-state index contributed by atoms with van der Waals surface area (Å²) in [5.74, 6) is 0.659. The van der Waals surface area contributed by atoms with E-state index in [1.165, 1.54) is 0 Å². The summed E-state index contributed by atoms with van der Waals surface area (Å²) in [6, 6.07) is 0.196. The molecule has 4 rings (SSSR count). The molecule has 2 aromatic rings. The minimum Gasteiger partial charge on any atom is -0.390 e. The Morgan fingerprint density at radius 2 is 2.14 bits per heavy atom. The lowest BCUT2D eigenvalue weighted by Gasteiger charge is -2.16. The molecule has 118 valence electrons. The first kappa shape index (κ1) is 14.2. The van der Waals surface area contributed by atoms with Crippen molar-refractivity contribution in [3.63, 3.8) is 0 Å². The van der Waals surface area contributed by atoms with Crippen LogP contribution in [0.25, 0.3) is 11.2 Å². The number of fused-ring (bicyclic) bond motifs is 2. The first-order chi connectivity index (χ1) is 10.4. The van der Waals surface area contributed by atoms with E-state index in [4.69, 9.17) is 11.6 Å². The quantitative estimate of drug-likeness (QED) is 0.733. The molecular weight excluding hydrogens is 306 g/mol. The molecule has 0 spiro atoms. The molecule has 2 fully saturated rings. The third kappa shape index (κ3) is 1.85. The molecule has 2 aromatic heterocycles. The van der Waals surface area contributed by atoms with E-state index in [0.717, 1.165) is 6.42 Å². The number of nitrogens with zero attached hydrogens (tertiary/aromatic N) is 4. The monoisotopic (exact) mass is 323 g/mol. The number of aliphatic hydroxyl groups is 2. The molecule has 8 heteroatoms. The highest BCUT2D eigenvalue weighted by Gasteiger charge is 2.66. The molecule has 2 saturated carbocycles. The van der Waals surface area contributed by atoms with E-state index in [9.17, 15) is 10.2 Å². The van der Waals surface area contributed by atoms with Gasteiger partial charge in [0.05, 0.1) is 24.1 Å². The smallest absolute Gasteiger partial charge is 0.226 e. The number of aromatic nitrogens is 4. The molecule has 2 aliphatic rings. The Morgan fingerprint density at radius 1 is 1.36 bits per heavy atom. The summed E-state index contributed by atoms with van der Waals surface area (Å²) in [5, 5.41) is 23.3. The molecule has 0 amide bonds. The third-order valence-electron chi connectivity index (χ3n) is 4.75. The largest absolute Gasteiger partial charge is 0.390 e. The van der Waals surface area contributed by atoms with Crippen molar-refractivity contribution in [3.05, 3.63) is 11.6 Å². The van der Waals surface area contributed by atoms with Crippen molar-refractivity contribution < 1.29 is 10.2 Å². The summed E-state index contributed by atoms with van der Waals surface area (Å²) >= 11 is 6.06. The van der Waals surface area contributed by atoms with Gasteiger partial charge in [0.1, 0.15) is 0 Å². The minimum absolute atomic E-state index is 0.0511. The van der Waals surface area contributed by atoms with Crippen molar-refractivity contribution in [2.45, 2.75) is 50.5 Å². The number of rotatable bonds is 3. The summed E-state index contributed by atoms with van der Waals surface area (Å²) in [6.07, 6.45) is 1.68. The van der Waals surface area contributed by atoms with Crippen LogP contribution in [0.4, 0.5) is 5.82 Å². The van der Waals surface area contributed by atoms with E-state index >= 15 is 0 Å². The lowest BCUT2D eigenvalue weighted by atomic mass is 10.1. The molecular formula is C14H18ClN5O2. The summed E-state index contributed by atoms with van der Waals surface area (Å²) < 4.78 is 1.95. The van der Waals surface area contributed by atoms with Crippen molar-refractivity contribution in [2.24, 2.45) is 5.92 Å². The van der Waals surface area contributed by atoms with Crippen molar-refractivity contribution in [2.75, 3.05) is 5.32 Å². The zero-order valence-corrected chi connectivity index (χ0v) is 13.1. The minimum atomic E-state index is -0.693. The predicted octanol–water partition coefficient (Wildman–Crippen LogP) is 1.14. The van der Waals surface area contributed by atoms with Crippen molar-refractivity contribution in [1.82, 2.24) is 19.5 Å². The topological polar surface area (TPSA) is 96.1 Å². The number of aliphatic hydroxyl groups excluding tert-OH is 2. The van der Waals surface area contributed by atoms with E-state index in [0.29, 0.717) is 23.4 Å². The average molecular weight is 324 g/mol. The fourth-order valence-electron chi connectivity index (χ4n) is 3.70. The standard InChI is InChI=1S/C14H18ClN5O2/c1-6(2)17-11-9-12(19-13(15)18-11)20(5-16-9)14-3-7(14)10(22)8(21)4-14/h5-8,10,21-22H,3-4H2,1-2H3,(H,17,18,19)/t7-,8-,10+,14-/m0/s1. The molecule has 0 bridgehead atoms. The summed E-state index contributed by atoms with van der Waals surface area (Å²) in [7, 11) is 0. The SMILES string of the molecule is CC(C)Nc1nc(Cl)nc2c1ncn2[C@@]12C[C@H](O)[C@H](O)[C@@H]1C2. The van der Waals surface area contributed by atoms with E-state index in [1.807, 2.05) is 18.4 Å².